The van der Waals surface area contributed by atoms with E-state index in [9.17, 15) is 18.5 Å². The Bertz CT molecular complexity index is 704. The molecule has 1 aromatic heterocycles. The van der Waals surface area contributed by atoms with E-state index in [2.05, 4.69) is 4.40 Å². The van der Waals surface area contributed by atoms with Crippen molar-refractivity contribution in [3.63, 3.8) is 0 Å². The van der Waals surface area contributed by atoms with Gasteiger partial charge in [0.25, 0.3) is 15.7 Å². The number of benzene rings is 1. The van der Waals surface area contributed by atoms with E-state index in [-0.39, 0.29) is 9.90 Å². The molecule has 0 atom stereocenters. The lowest BCUT2D eigenvalue weighted by Gasteiger charge is -1.94. The van der Waals surface area contributed by atoms with Gasteiger partial charge in [0.1, 0.15) is 4.21 Å². The van der Waals surface area contributed by atoms with E-state index in [0.717, 1.165) is 11.3 Å². The van der Waals surface area contributed by atoms with Gasteiger partial charge < -0.3 is 0 Å². The summed E-state index contributed by atoms with van der Waals surface area (Å²) in [6.07, 6.45) is 1.17. The molecule has 2 aromatic rings. The second-order valence-corrected chi connectivity index (χ2v) is 6.30. The number of nitro groups is 1. The molecule has 1 heterocycles. The molecule has 0 aliphatic heterocycles. The van der Waals surface area contributed by atoms with Gasteiger partial charge in [-0.25, -0.2) is 0 Å². The zero-order valence-electron chi connectivity index (χ0n) is 9.46. The summed E-state index contributed by atoms with van der Waals surface area (Å²) in [6, 6.07) is 8.54. The SMILES string of the molecule is O=[N+]([O-])c1ccc(/C=N\S(=O)(=O)c2cccs2)cc1. The highest BCUT2D eigenvalue weighted by Crippen LogP contribution is 2.18. The summed E-state index contributed by atoms with van der Waals surface area (Å²) in [5.41, 5.74) is 0.420. The monoisotopic (exact) mass is 296 g/mol. The first-order valence-electron chi connectivity index (χ1n) is 5.07. The largest absolute Gasteiger partial charge is 0.291 e. The average molecular weight is 296 g/mol. The molecule has 0 unspecified atom stereocenters. The highest BCUT2D eigenvalue weighted by atomic mass is 32.2. The van der Waals surface area contributed by atoms with Crippen molar-refractivity contribution in [3.05, 3.63) is 57.5 Å². The first kappa shape index (κ1) is 13.4. The van der Waals surface area contributed by atoms with Crippen LogP contribution in [-0.4, -0.2) is 19.6 Å². The Morgan fingerprint density at radius 1 is 1.21 bits per heavy atom. The second kappa shape index (κ2) is 5.29. The Balaban J connectivity index is 2.21. The minimum absolute atomic E-state index is 0.0572. The van der Waals surface area contributed by atoms with E-state index in [1.807, 2.05) is 0 Å². The lowest BCUT2D eigenvalue weighted by molar-refractivity contribution is -0.384. The van der Waals surface area contributed by atoms with Crippen LogP contribution in [0.2, 0.25) is 0 Å². The van der Waals surface area contributed by atoms with Gasteiger partial charge in [0, 0.05) is 18.3 Å². The maximum Gasteiger partial charge on any atom is 0.291 e. The molecular formula is C11H8N2O4S2. The Morgan fingerprint density at radius 3 is 2.42 bits per heavy atom. The van der Waals surface area contributed by atoms with Gasteiger partial charge in [0.05, 0.1) is 4.92 Å². The molecule has 0 aliphatic carbocycles. The van der Waals surface area contributed by atoms with Crippen LogP contribution >= 0.6 is 11.3 Å². The topological polar surface area (TPSA) is 89.6 Å². The van der Waals surface area contributed by atoms with Crippen molar-refractivity contribution < 1.29 is 13.3 Å². The fourth-order valence-corrected chi connectivity index (χ4v) is 3.12. The van der Waals surface area contributed by atoms with Crippen LogP contribution in [0.25, 0.3) is 0 Å². The lowest BCUT2D eigenvalue weighted by atomic mass is 10.2. The summed E-state index contributed by atoms with van der Waals surface area (Å²) in [4.78, 5) is 9.94. The van der Waals surface area contributed by atoms with Crippen molar-refractivity contribution in [2.45, 2.75) is 4.21 Å². The van der Waals surface area contributed by atoms with E-state index in [1.165, 1.54) is 36.5 Å². The number of hydrogen-bond acceptors (Lipinski definition) is 5. The van der Waals surface area contributed by atoms with Crippen LogP contribution in [0.3, 0.4) is 0 Å². The molecule has 0 N–H and O–H groups in total. The fourth-order valence-electron chi connectivity index (χ4n) is 1.27. The number of thiophene rings is 1. The molecule has 2 rings (SSSR count). The van der Waals surface area contributed by atoms with Crippen LogP contribution in [0.4, 0.5) is 5.69 Å². The molecule has 0 spiro atoms. The van der Waals surface area contributed by atoms with Crippen molar-refractivity contribution in [1.82, 2.24) is 0 Å². The molecule has 0 amide bonds. The molecule has 0 bridgehead atoms. The number of nitrogens with zero attached hydrogens (tertiary/aromatic N) is 2. The smallest absolute Gasteiger partial charge is 0.258 e. The maximum atomic E-state index is 11.7. The Labute approximate surface area is 113 Å². The number of sulfonamides is 1. The van der Waals surface area contributed by atoms with Crippen molar-refractivity contribution in [1.29, 1.82) is 0 Å². The van der Waals surface area contributed by atoms with Crippen LogP contribution in [0.5, 0.6) is 0 Å². The summed E-state index contributed by atoms with van der Waals surface area (Å²) in [5, 5.41) is 12.1. The number of hydrogen-bond donors (Lipinski definition) is 0. The van der Waals surface area contributed by atoms with Gasteiger partial charge in [-0.05, 0) is 29.1 Å². The van der Waals surface area contributed by atoms with Crippen molar-refractivity contribution >= 4 is 33.3 Å². The summed E-state index contributed by atoms with van der Waals surface area (Å²) in [5.74, 6) is 0. The number of nitro benzene ring substituents is 1. The molecule has 0 saturated heterocycles. The van der Waals surface area contributed by atoms with E-state index in [1.54, 1.807) is 11.4 Å². The van der Waals surface area contributed by atoms with Crippen LogP contribution in [0, 0.1) is 10.1 Å². The average Bonchev–Trinajstić information content (AvgIpc) is 2.91. The maximum absolute atomic E-state index is 11.7. The van der Waals surface area contributed by atoms with Gasteiger partial charge >= 0.3 is 0 Å². The number of non-ortho nitro benzene ring substituents is 1. The first-order chi connectivity index (χ1) is 8.99. The Morgan fingerprint density at radius 2 is 1.89 bits per heavy atom. The van der Waals surface area contributed by atoms with Gasteiger partial charge in [-0.1, -0.05) is 6.07 Å². The quantitative estimate of drug-likeness (QED) is 0.492. The summed E-state index contributed by atoms with van der Waals surface area (Å²) in [7, 11) is -3.69. The lowest BCUT2D eigenvalue weighted by Crippen LogP contribution is -1.95. The van der Waals surface area contributed by atoms with Gasteiger partial charge in [0.2, 0.25) is 0 Å². The van der Waals surface area contributed by atoms with Crippen molar-refractivity contribution in [2.24, 2.45) is 4.40 Å². The highest BCUT2D eigenvalue weighted by molar-refractivity contribution is 7.92. The molecule has 0 radical (unpaired) electrons. The zero-order chi connectivity index (χ0) is 13.9. The minimum Gasteiger partial charge on any atom is -0.258 e. The molecule has 0 fully saturated rings. The van der Waals surface area contributed by atoms with E-state index in [0.29, 0.717) is 5.56 Å². The van der Waals surface area contributed by atoms with Gasteiger partial charge in [-0.15, -0.1) is 11.3 Å². The molecule has 6 nitrogen and oxygen atoms in total. The molecule has 19 heavy (non-hydrogen) atoms. The van der Waals surface area contributed by atoms with Gasteiger partial charge in [0.15, 0.2) is 0 Å². The van der Waals surface area contributed by atoms with Gasteiger partial charge in [-0.3, -0.25) is 10.1 Å². The second-order valence-electron chi connectivity index (χ2n) is 3.49. The summed E-state index contributed by atoms with van der Waals surface area (Å²) >= 11 is 1.08. The van der Waals surface area contributed by atoms with Crippen molar-refractivity contribution in [3.8, 4) is 0 Å². The predicted molar refractivity (Wildman–Crippen MR) is 72.2 cm³/mol. The van der Waals surface area contributed by atoms with Crippen LogP contribution < -0.4 is 0 Å². The highest BCUT2D eigenvalue weighted by Gasteiger charge is 2.12. The van der Waals surface area contributed by atoms with E-state index in [4.69, 9.17) is 0 Å². The first-order valence-corrected chi connectivity index (χ1v) is 7.39. The molecule has 1 aromatic carbocycles. The molecule has 8 heteroatoms. The predicted octanol–water partition coefficient (Wildman–Crippen LogP) is 2.46. The standard InChI is InChI=1S/C11H8N2O4S2/c14-13(15)10-5-3-9(4-6-10)8-12-19(16,17)11-2-1-7-18-11/h1-8H/b12-8-. The minimum atomic E-state index is -3.69. The third-order valence-corrected chi connectivity index (χ3v) is 4.80. The van der Waals surface area contributed by atoms with Gasteiger partial charge in [-0.2, -0.15) is 12.8 Å². The van der Waals surface area contributed by atoms with Crippen molar-refractivity contribution in [2.75, 3.05) is 0 Å². The normalized spacial score (nSPS) is 11.8. The van der Waals surface area contributed by atoms with Crippen LogP contribution in [0.1, 0.15) is 5.56 Å². The van der Waals surface area contributed by atoms with Crippen LogP contribution in [-0.2, 0) is 10.0 Å². The molecular weight excluding hydrogens is 288 g/mol. The number of rotatable bonds is 4. The third-order valence-electron chi connectivity index (χ3n) is 2.19. The fraction of sp³-hybridized carbons (Fsp3) is 0. The molecule has 98 valence electrons. The summed E-state index contributed by atoms with van der Waals surface area (Å²) in [6.45, 7) is 0. The van der Waals surface area contributed by atoms with Crippen LogP contribution in [0.15, 0.2) is 50.4 Å². The molecule has 0 aliphatic rings. The third kappa shape index (κ3) is 3.24. The Kier molecular flexibility index (Phi) is 3.72. The summed E-state index contributed by atoms with van der Waals surface area (Å²) < 4.78 is 27.2. The van der Waals surface area contributed by atoms with E-state index < -0.39 is 14.9 Å². The van der Waals surface area contributed by atoms with E-state index >= 15 is 0 Å². The Hall–Kier alpha value is -2.06. The molecule has 0 saturated carbocycles. The zero-order valence-corrected chi connectivity index (χ0v) is 11.1.